The van der Waals surface area contributed by atoms with Crippen molar-refractivity contribution >= 4 is 34.1 Å². The molecule has 0 atom stereocenters. The van der Waals surface area contributed by atoms with Crippen molar-refractivity contribution in [2.24, 2.45) is 0 Å². The van der Waals surface area contributed by atoms with Gasteiger partial charge >= 0.3 is 0 Å². The van der Waals surface area contributed by atoms with Gasteiger partial charge in [0.2, 0.25) is 5.91 Å². The number of thiazole rings is 1. The van der Waals surface area contributed by atoms with Crippen LogP contribution in [0.2, 0.25) is 0 Å². The summed E-state index contributed by atoms with van der Waals surface area (Å²) in [5, 5.41) is 6.05. The Morgan fingerprint density at radius 1 is 1.11 bits per heavy atom. The molecule has 2 heterocycles. The molecule has 0 fully saturated rings. The van der Waals surface area contributed by atoms with E-state index >= 15 is 0 Å². The molecule has 0 saturated heterocycles. The monoisotopic (exact) mass is 406 g/mol. The van der Waals surface area contributed by atoms with E-state index in [-0.39, 0.29) is 11.7 Å². The second kappa shape index (κ2) is 8.41. The first-order chi connectivity index (χ1) is 13.7. The van der Waals surface area contributed by atoms with Crippen molar-refractivity contribution in [2.75, 3.05) is 11.1 Å². The van der Waals surface area contributed by atoms with Crippen molar-refractivity contribution in [1.82, 2.24) is 15.0 Å². The van der Waals surface area contributed by atoms with Gasteiger partial charge in [-0.15, -0.1) is 11.3 Å². The van der Waals surface area contributed by atoms with Crippen LogP contribution in [-0.2, 0) is 4.79 Å². The van der Waals surface area contributed by atoms with Gasteiger partial charge < -0.3 is 10.3 Å². The predicted molar refractivity (Wildman–Crippen MR) is 116 cm³/mol. The fourth-order valence-corrected chi connectivity index (χ4v) is 4.04. The zero-order valence-electron chi connectivity index (χ0n) is 15.2. The summed E-state index contributed by atoms with van der Waals surface area (Å²) < 4.78 is 0. The zero-order valence-corrected chi connectivity index (χ0v) is 16.8. The summed E-state index contributed by atoms with van der Waals surface area (Å²) in [5.41, 5.74) is 4.17. The minimum Gasteiger partial charge on any atom is -0.337 e. The number of hydrogen-bond donors (Lipinski definition) is 2. The molecule has 0 aliphatic rings. The maximum absolute atomic E-state index is 12.2. The van der Waals surface area contributed by atoms with Gasteiger partial charge in [0.05, 0.1) is 11.4 Å². The Morgan fingerprint density at radius 2 is 1.89 bits per heavy atom. The number of aromatic amines is 1. The Balaban J connectivity index is 1.59. The Kier molecular flexibility index (Phi) is 5.55. The molecule has 2 aromatic carbocycles. The number of amides is 1. The van der Waals surface area contributed by atoms with E-state index in [0.717, 1.165) is 27.7 Å². The van der Waals surface area contributed by atoms with E-state index in [0.29, 0.717) is 5.13 Å². The minimum absolute atomic E-state index is 0.0983. The normalized spacial score (nSPS) is 10.8. The maximum atomic E-state index is 12.2. The Labute approximate surface area is 171 Å². The molecular weight excluding hydrogens is 388 g/mol. The number of aryl methyl sites for hydroxylation is 1. The second-order valence-corrected chi connectivity index (χ2v) is 8.03. The number of carbonyl (C=O) groups is 1. The number of nitrogens with zero attached hydrogens (tertiary/aromatic N) is 2. The van der Waals surface area contributed by atoms with Gasteiger partial charge in [0.25, 0.3) is 0 Å². The van der Waals surface area contributed by atoms with Crippen LogP contribution in [0.25, 0.3) is 22.6 Å². The van der Waals surface area contributed by atoms with Crippen LogP contribution < -0.4 is 5.32 Å². The van der Waals surface area contributed by atoms with Crippen molar-refractivity contribution in [2.45, 2.75) is 11.9 Å². The Morgan fingerprint density at radius 3 is 2.61 bits per heavy atom. The molecule has 2 N–H and O–H groups in total. The van der Waals surface area contributed by atoms with E-state index < -0.39 is 0 Å². The molecular formula is C21H18N4OS2. The van der Waals surface area contributed by atoms with Crippen LogP contribution in [-0.4, -0.2) is 26.6 Å². The lowest BCUT2D eigenvalue weighted by atomic mass is 10.1. The third-order valence-electron chi connectivity index (χ3n) is 4.08. The molecule has 1 amide bonds. The highest BCUT2D eigenvalue weighted by atomic mass is 32.2. The molecule has 0 bridgehead atoms. The van der Waals surface area contributed by atoms with Gasteiger partial charge in [-0.3, -0.25) is 4.79 Å². The lowest BCUT2D eigenvalue weighted by molar-refractivity contribution is -0.113. The fourth-order valence-electron chi connectivity index (χ4n) is 2.68. The van der Waals surface area contributed by atoms with Crippen LogP contribution >= 0.6 is 23.1 Å². The van der Waals surface area contributed by atoms with Crippen LogP contribution in [0.3, 0.4) is 0 Å². The summed E-state index contributed by atoms with van der Waals surface area (Å²) in [6.45, 7) is 2.06. The third-order valence-corrected chi connectivity index (χ3v) is 5.74. The summed E-state index contributed by atoms with van der Waals surface area (Å²) in [5.74, 6) is 0.956. The van der Waals surface area contributed by atoms with Crippen LogP contribution in [0, 0.1) is 6.92 Å². The van der Waals surface area contributed by atoms with Gasteiger partial charge in [-0.05, 0) is 6.92 Å². The molecule has 5 nitrogen and oxygen atoms in total. The lowest BCUT2D eigenvalue weighted by Crippen LogP contribution is -2.13. The number of rotatable bonds is 6. The van der Waals surface area contributed by atoms with E-state index in [1.165, 1.54) is 28.7 Å². The minimum atomic E-state index is -0.0983. The smallest absolute Gasteiger partial charge is 0.236 e. The molecule has 0 aliphatic heterocycles. The highest BCUT2D eigenvalue weighted by molar-refractivity contribution is 8.00. The molecule has 0 spiro atoms. The summed E-state index contributed by atoms with van der Waals surface area (Å²) >= 11 is 2.81. The number of nitrogens with one attached hydrogen (secondary N) is 2. The molecule has 0 radical (unpaired) electrons. The molecule has 4 aromatic rings. The van der Waals surface area contributed by atoms with Crippen LogP contribution in [0.5, 0.6) is 0 Å². The van der Waals surface area contributed by atoms with E-state index in [1.54, 1.807) is 6.20 Å². The summed E-state index contributed by atoms with van der Waals surface area (Å²) in [6.07, 6.45) is 1.67. The van der Waals surface area contributed by atoms with Crippen LogP contribution in [0.1, 0.15) is 5.56 Å². The molecule has 4 rings (SSSR count). The number of carbonyl (C=O) groups excluding carboxylic acids is 1. The average Bonchev–Trinajstić information content (AvgIpc) is 3.37. The van der Waals surface area contributed by atoms with Crippen molar-refractivity contribution in [3.63, 3.8) is 0 Å². The summed E-state index contributed by atoms with van der Waals surface area (Å²) in [4.78, 5) is 24.5. The number of aromatic nitrogens is 3. The predicted octanol–water partition coefficient (Wildman–Crippen LogP) is 5.24. The standard InChI is InChI=1S/C21H18N4OS2/c1-14-7-9-16(10-8-14)19-24-18(15-5-3-2-4-6-15)20(25-19)28-13-17(26)23-21-22-11-12-27-21/h2-12H,13H2,1H3,(H,24,25)(H,22,23,26). The first-order valence-corrected chi connectivity index (χ1v) is 10.6. The van der Waals surface area contributed by atoms with Crippen molar-refractivity contribution in [3.8, 4) is 22.6 Å². The van der Waals surface area contributed by atoms with Gasteiger partial charge in [-0.25, -0.2) is 9.97 Å². The van der Waals surface area contributed by atoms with E-state index in [4.69, 9.17) is 4.98 Å². The van der Waals surface area contributed by atoms with E-state index in [9.17, 15) is 4.79 Å². The van der Waals surface area contributed by atoms with Crippen molar-refractivity contribution in [1.29, 1.82) is 0 Å². The highest BCUT2D eigenvalue weighted by Gasteiger charge is 2.16. The second-order valence-electron chi connectivity index (χ2n) is 6.17. The number of anilines is 1. The zero-order chi connectivity index (χ0) is 19.3. The molecule has 28 heavy (non-hydrogen) atoms. The largest absolute Gasteiger partial charge is 0.337 e. The topological polar surface area (TPSA) is 70.7 Å². The molecule has 2 aromatic heterocycles. The molecule has 140 valence electrons. The number of H-pyrrole nitrogens is 1. The summed E-state index contributed by atoms with van der Waals surface area (Å²) in [6, 6.07) is 18.3. The SMILES string of the molecule is Cc1ccc(-c2nc(SCC(=O)Nc3nccs3)c(-c3ccccc3)[nH]2)cc1. The molecule has 7 heteroatoms. The number of benzene rings is 2. The third kappa shape index (κ3) is 4.32. The van der Waals surface area contributed by atoms with Gasteiger partial charge in [-0.1, -0.05) is 71.9 Å². The molecule has 0 saturated carbocycles. The van der Waals surface area contributed by atoms with Crippen LogP contribution in [0.15, 0.2) is 71.2 Å². The first-order valence-electron chi connectivity index (χ1n) is 8.73. The van der Waals surface area contributed by atoms with Gasteiger partial charge in [0.15, 0.2) is 5.13 Å². The van der Waals surface area contributed by atoms with Crippen molar-refractivity contribution in [3.05, 3.63) is 71.7 Å². The highest BCUT2D eigenvalue weighted by Crippen LogP contribution is 2.32. The molecule has 0 aliphatic carbocycles. The molecule has 0 unspecified atom stereocenters. The Hall–Kier alpha value is -2.90. The van der Waals surface area contributed by atoms with Crippen molar-refractivity contribution < 1.29 is 4.79 Å². The van der Waals surface area contributed by atoms with Gasteiger partial charge in [0.1, 0.15) is 10.9 Å². The van der Waals surface area contributed by atoms with Gasteiger partial charge in [0, 0.05) is 22.7 Å². The lowest BCUT2D eigenvalue weighted by Gasteiger charge is -2.03. The quantitative estimate of drug-likeness (QED) is 0.430. The summed E-state index contributed by atoms with van der Waals surface area (Å²) in [7, 11) is 0. The van der Waals surface area contributed by atoms with Gasteiger partial charge in [-0.2, -0.15) is 0 Å². The maximum Gasteiger partial charge on any atom is 0.236 e. The number of imidazole rings is 1. The first kappa shape index (κ1) is 18.5. The number of thioether (sulfide) groups is 1. The Bertz CT molecular complexity index is 1060. The average molecular weight is 407 g/mol. The fraction of sp³-hybridized carbons (Fsp3) is 0.0952. The van der Waals surface area contributed by atoms with Crippen LogP contribution in [0.4, 0.5) is 5.13 Å². The van der Waals surface area contributed by atoms with E-state index in [1.807, 2.05) is 47.8 Å². The number of hydrogen-bond acceptors (Lipinski definition) is 5. The van der Waals surface area contributed by atoms with E-state index in [2.05, 4.69) is 34.3 Å².